The lowest BCUT2D eigenvalue weighted by molar-refractivity contribution is -0.167. The third kappa shape index (κ3) is 53.4. The molecule has 6 nitrogen and oxygen atoms in total. The first kappa shape index (κ1) is 64.4. The molecule has 6 heteroatoms. The number of rotatable bonds is 56. The highest BCUT2D eigenvalue weighted by Gasteiger charge is 2.19. The Kier molecular flexibility index (Phi) is 54.7. The normalized spacial score (nSPS) is 11.9. The van der Waals surface area contributed by atoms with Gasteiger partial charge in [-0.3, -0.25) is 14.4 Å². The zero-order valence-corrected chi connectivity index (χ0v) is 45.0. The van der Waals surface area contributed by atoms with Gasteiger partial charge in [-0.2, -0.15) is 0 Å². The monoisotopic (exact) mass is 933 g/mol. The number of unbranched alkanes of at least 4 members (excludes halogenated alkanes) is 45. The lowest BCUT2D eigenvalue weighted by atomic mass is 10.0. The Balaban J connectivity index is 3.99. The highest BCUT2D eigenvalue weighted by Crippen LogP contribution is 2.18. The molecule has 0 aromatic rings. The van der Waals surface area contributed by atoms with Crippen LogP contribution in [0.25, 0.3) is 0 Å². The molecule has 0 saturated carbocycles. The molecule has 0 rings (SSSR count). The first-order valence-electron chi connectivity index (χ1n) is 30.0. The first-order chi connectivity index (χ1) is 32.5. The van der Waals surface area contributed by atoms with Gasteiger partial charge in [0.05, 0.1) is 0 Å². The Labute approximate surface area is 412 Å². The molecule has 0 aliphatic heterocycles. The molecule has 0 N–H and O–H groups in total. The summed E-state index contributed by atoms with van der Waals surface area (Å²) in [5, 5.41) is 0. The third-order valence-corrected chi connectivity index (χ3v) is 13.9. The average Bonchev–Trinajstić information content (AvgIpc) is 3.31. The lowest BCUT2D eigenvalue weighted by Gasteiger charge is -2.18. The maximum Gasteiger partial charge on any atom is 0.306 e. The summed E-state index contributed by atoms with van der Waals surface area (Å²) in [5.74, 6) is -0.849. The fourth-order valence-electron chi connectivity index (χ4n) is 9.33. The Morgan fingerprint density at radius 1 is 0.242 bits per heavy atom. The maximum atomic E-state index is 12.8. The fraction of sp³-hybridized carbons (Fsp3) is 0.950. The van der Waals surface area contributed by atoms with Crippen molar-refractivity contribution >= 4 is 17.9 Å². The molecule has 0 amide bonds. The van der Waals surface area contributed by atoms with Crippen LogP contribution in [0.2, 0.25) is 0 Å². The second-order valence-corrected chi connectivity index (χ2v) is 20.6. The molecule has 0 heterocycles. The van der Waals surface area contributed by atoms with Crippen molar-refractivity contribution in [1.29, 1.82) is 0 Å². The predicted octanol–water partition coefficient (Wildman–Crippen LogP) is 19.9. The summed E-state index contributed by atoms with van der Waals surface area (Å²) >= 11 is 0. The van der Waals surface area contributed by atoms with E-state index in [1.54, 1.807) is 0 Å². The van der Waals surface area contributed by atoms with Gasteiger partial charge in [0, 0.05) is 19.3 Å². The Morgan fingerprint density at radius 2 is 0.409 bits per heavy atom. The molecule has 0 aromatic heterocycles. The van der Waals surface area contributed by atoms with Gasteiger partial charge in [0.25, 0.3) is 0 Å². The minimum absolute atomic E-state index is 0.0625. The molecule has 0 aliphatic rings. The van der Waals surface area contributed by atoms with Gasteiger partial charge in [-0.15, -0.1) is 0 Å². The topological polar surface area (TPSA) is 78.9 Å². The number of hydrogen-bond acceptors (Lipinski definition) is 6. The zero-order valence-electron chi connectivity index (χ0n) is 45.0. The molecule has 0 fully saturated rings. The molecule has 1 unspecified atom stereocenters. The lowest BCUT2D eigenvalue weighted by Crippen LogP contribution is -2.30. The molecule has 66 heavy (non-hydrogen) atoms. The Morgan fingerprint density at radius 3 is 0.606 bits per heavy atom. The van der Waals surface area contributed by atoms with Gasteiger partial charge >= 0.3 is 17.9 Å². The molecule has 0 radical (unpaired) electrons. The van der Waals surface area contributed by atoms with Crippen molar-refractivity contribution in [2.75, 3.05) is 13.2 Å². The van der Waals surface area contributed by atoms with E-state index in [1.807, 2.05) is 0 Å². The van der Waals surface area contributed by atoms with E-state index in [0.717, 1.165) is 64.2 Å². The molecule has 0 aliphatic carbocycles. The van der Waals surface area contributed by atoms with Crippen molar-refractivity contribution in [3.63, 3.8) is 0 Å². The number of esters is 3. The quantitative estimate of drug-likeness (QED) is 0.0343. The van der Waals surface area contributed by atoms with Crippen molar-refractivity contribution in [1.82, 2.24) is 0 Å². The maximum absolute atomic E-state index is 12.8. The van der Waals surface area contributed by atoms with Crippen LogP contribution < -0.4 is 0 Å². The van der Waals surface area contributed by atoms with E-state index in [-0.39, 0.29) is 31.1 Å². The van der Waals surface area contributed by atoms with Crippen LogP contribution in [0.3, 0.4) is 0 Å². The van der Waals surface area contributed by atoms with Gasteiger partial charge in [-0.05, 0) is 19.3 Å². The van der Waals surface area contributed by atoms with E-state index >= 15 is 0 Å². The fourth-order valence-corrected chi connectivity index (χ4v) is 9.33. The standard InChI is InChI=1S/C60H116O6/c1-4-7-10-13-15-17-19-21-23-25-27-29-30-31-33-34-36-38-40-42-44-47-50-53-59(62)65-56-57(55-64-58(61)52-49-46-12-9-6-3)66-60(63)54-51-48-45-43-41-39-37-35-32-28-26-24-22-20-18-16-14-11-8-5-2/h57H,4-56H2,1-3H3. The van der Waals surface area contributed by atoms with Crippen molar-refractivity contribution in [3.05, 3.63) is 0 Å². The van der Waals surface area contributed by atoms with Gasteiger partial charge in [-0.25, -0.2) is 0 Å². The summed E-state index contributed by atoms with van der Waals surface area (Å²) in [6.07, 6.45) is 63.0. The Hall–Kier alpha value is -1.59. The van der Waals surface area contributed by atoms with Gasteiger partial charge in [0.2, 0.25) is 0 Å². The molecule has 0 spiro atoms. The summed E-state index contributed by atoms with van der Waals surface area (Å²) < 4.78 is 16.8. The highest BCUT2D eigenvalue weighted by molar-refractivity contribution is 5.71. The predicted molar refractivity (Wildman–Crippen MR) is 284 cm³/mol. The minimum Gasteiger partial charge on any atom is -0.462 e. The van der Waals surface area contributed by atoms with E-state index < -0.39 is 6.10 Å². The SMILES string of the molecule is CCCCCCCCCCCCCCCCCCCCCCCCCC(=O)OCC(COC(=O)CCCCCCC)OC(=O)CCCCCCCCCCCCCCCCCCCCCC. The summed E-state index contributed by atoms with van der Waals surface area (Å²) in [5.41, 5.74) is 0. The second kappa shape index (κ2) is 56.0. The summed E-state index contributed by atoms with van der Waals surface area (Å²) in [6.45, 7) is 6.63. The van der Waals surface area contributed by atoms with Crippen LogP contribution in [0.15, 0.2) is 0 Å². The molecule has 1 atom stereocenters. The van der Waals surface area contributed by atoms with Gasteiger partial charge in [0.1, 0.15) is 13.2 Å². The zero-order chi connectivity index (χ0) is 47.9. The number of carbonyl (C=O) groups excluding carboxylic acids is 3. The van der Waals surface area contributed by atoms with Crippen LogP contribution in [0, 0.1) is 0 Å². The van der Waals surface area contributed by atoms with Crippen LogP contribution in [0.4, 0.5) is 0 Å². The van der Waals surface area contributed by atoms with Crippen molar-refractivity contribution in [2.24, 2.45) is 0 Å². The number of carbonyl (C=O) groups is 3. The first-order valence-corrected chi connectivity index (χ1v) is 30.0. The van der Waals surface area contributed by atoms with Crippen LogP contribution in [-0.4, -0.2) is 37.2 Å². The molecule has 0 saturated heterocycles. The molecular formula is C60H116O6. The molecule has 0 aromatic carbocycles. The van der Waals surface area contributed by atoms with Crippen molar-refractivity contribution in [2.45, 2.75) is 354 Å². The van der Waals surface area contributed by atoms with E-state index in [2.05, 4.69) is 20.8 Å². The van der Waals surface area contributed by atoms with E-state index in [9.17, 15) is 14.4 Å². The van der Waals surface area contributed by atoms with E-state index in [0.29, 0.717) is 19.3 Å². The number of ether oxygens (including phenoxy) is 3. The smallest absolute Gasteiger partial charge is 0.306 e. The van der Waals surface area contributed by atoms with Gasteiger partial charge < -0.3 is 14.2 Å². The van der Waals surface area contributed by atoms with Crippen LogP contribution in [0.1, 0.15) is 348 Å². The summed E-state index contributed by atoms with van der Waals surface area (Å²) in [7, 11) is 0. The Bertz CT molecular complexity index is 982. The second-order valence-electron chi connectivity index (χ2n) is 20.6. The van der Waals surface area contributed by atoms with Crippen LogP contribution in [-0.2, 0) is 28.6 Å². The minimum atomic E-state index is -0.759. The van der Waals surface area contributed by atoms with Crippen LogP contribution in [0.5, 0.6) is 0 Å². The van der Waals surface area contributed by atoms with Crippen LogP contribution >= 0.6 is 0 Å². The average molecular weight is 934 g/mol. The number of hydrogen-bond donors (Lipinski definition) is 0. The van der Waals surface area contributed by atoms with E-state index in [1.165, 1.54) is 244 Å². The third-order valence-electron chi connectivity index (χ3n) is 13.9. The van der Waals surface area contributed by atoms with Crippen molar-refractivity contribution in [3.8, 4) is 0 Å². The largest absolute Gasteiger partial charge is 0.462 e. The van der Waals surface area contributed by atoms with E-state index in [4.69, 9.17) is 14.2 Å². The highest BCUT2D eigenvalue weighted by atomic mass is 16.6. The summed E-state index contributed by atoms with van der Waals surface area (Å²) in [4.78, 5) is 37.8. The van der Waals surface area contributed by atoms with Crippen molar-refractivity contribution < 1.29 is 28.6 Å². The van der Waals surface area contributed by atoms with Gasteiger partial charge in [0.15, 0.2) is 6.10 Å². The van der Waals surface area contributed by atoms with Gasteiger partial charge in [-0.1, -0.05) is 310 Å². The molecule has 392 valence electrons. The summed E-state index contributed by atoms with van der Waals surface area (Å²) in [6, 6.07) is 0. The molecular weight excluding hydrogens is 817 g/mol. The molecule has 0 bridgehead atoms.